The first-order valence-electron chi connectivity index (χ1n) is 5.96. The summed E-state index contributed by atoms with van der Waals surface area (Å²) in [7, 11) is 0. The molecule has 102 valence electrons. The van der Waals surface area contributed by atoms with Crippen LogP contribution in [0.25, 0.3) is 0 Å². The van der Waals surface area contributed by atoms with Crippen LogP contribution in [0, 0.1) is 5.92 Å². The van der Waals surface area contributed by atoms with Crippen molar-refractivity contribution >= 4 is 11.6 Å². The van der Waals surface area contributed by atoms with E-state index in [4.69, 9.17) is 15.7 Å². The third-order valence-electron chi connectivity index (χ3n) is 2.30. The summed E-state index contributed by atoms with van der Waals surface area (Å²) in [4.78, 5) is 8.48. The van der Waals surface area contributed by atoms with Crippen LogP contribution in [-0.4, -0.2) is 34.8 Å². The Kier molecular flexibility index (Phi) is 6.34. The van der Waals surface area contributed by atoms with Crippen LogP contribution in [0.3, 0.4) is 0 Å². The van der Waals surface area contributed by atoms with Gasteiger partial charge in [0.1, 0.15) is 18.2 Å². The number of nitrogens with one attached hydrogen (secondary N) is 2. The summed E-state index contributed by atoms with van der Waals surface area (Å²) in [6, 6.07) is 1.71. The maximum Gasteiger partial charge on any atom is 0.158 e. The summed E-state index contributed by atoms with van der Waals surface area (Å²) >= 11 is 0. The van der Waals surface area contributed by atoms with E-state index < -0.39 is 0 Å². The van der Waals surface area contributed by atoms with E-state index in [1.807, 2.05) is 13.8 Å². The van der Waals surface area contributed by atoms with Crippen molar-refractivity contribution in [3.63, 3.8) is 0 Å². The molecule has 1 atom stereocenters. The lowest BCUT2D eigenvalue weighted by Gasteiger charge is -2.12. The molecule has 0 aliphatic rings. The number of aromatic nitrogens is 2. The van der Waals surface area contributed by atoms with E-state index >= 15 is 0 Å². The van der Waals surface area contributed by atoms with E-state index in [9.17, 15) is 0 Å². The molecular formula is C11H21N5O2. The van der Waals surface area contributed by atoms with Crippen LogP contribution in [0.1, 0.15) is 19.7 Å². The zero-order valence-corrected chi connectivity index (χ0v) is 10.8. The number of aliphatic hydroxyl groups excluding tert-OH is 1. The SMILES string of the molecule is CCOCc1nc(NN)cc(NCC(C)CO)n1. The molecule has 0 spiro atoms. The number of nitrogen functional groups attached to an aromatic ring is 1. The standard InChI is InChI=1S/C11H21N5O2/c1-3-18-7-11-14-9(4-10(15-11)16-12)13-5-8(2)6-17/h4,8,17H,3,5-7,12H2,1-2H3,(H2,13,14,15,16). The molecule has 7 nitrogen and oxygen atoms in total. The summed E-state index contributed by atoms with van der Waals surface area (Å²) < 4.78 is 5.26. The zero-order chi connectivity index (χ0) is 13.4. The van der Waals surface area contributed by atoms with Gasteiger partial charge in [0.05, 0.1) is 0 Å². The minimum atomic E-state index is 0.131. The van der Waals surface area contributed by atoms with Gasteiger partial charge in [0.25, 0.3) is 0 Å². The smallest absolute Gasteiger partial charge is 0.158 e. The summed E-state index contributed by atoms with van der Waals surface area (Å²) in [5.41, 5.74) is 2.49. The number of hydrazine groups is 1. The van der Waals surface area contributed by atoms with Crippen LogP contribution >= 0.6 is 0 Å². The van der Waals surface area contributed by atoms with Gasteiger partial charge in [-0.05, 0) is 12.8 Å². The lowest BCUT2D eigenvalue weighted by Crippen LogP contribution is -2.17. The molecule has 7 heteroatoms. The van der Waals surface area contributed by atoms with Gasteiger partial charge in [-0.3, -0.25) is 0 Å². The van der Waals surface area contributed by atoms with Crippen LogP contribution in [0.2, 0.25) is 0 Å². The van der Waals surface area contributed by atoms with Crippen molar-refractivity contribution < 1.29 is 9.84 Å². The average Bonchev–Trinajstić information content (AvgIpc) is 2.42. The fraction of sp³-hybridized carbons (Fsp3) is 0.636. The molecule has 0 radical (unpaired) electrons. The number of anilines is 2. The Bertz CT molecular complexity index is 361. The van der Waals surface area contributed by atoms with Gasteiger partial charge in [0.15, 0.2) is 5.82 Å². The van der Waals surface area contributed by atoms with Crippen LogP contribution < -0.4 is 16.6 Å². The Labute approximate surface area is 107 Å². The third-order valence-corrected chi connectivity index (χ3v) is 2.30. The van der Waals surface area contributed by atoms with Crippen LogP contribution in [-0.2, 0) is 11.3 Å². The van der Waals surface area contributed by atoms with Crippen molar-refractivity contribution in [3.8, 4) is 0 Å². The lowest BCUT2D eigenvalue weighted by atomic mass is 10.2. The molecule has 1 unspecified atom stereocenters. The monoisotopic (exact) mass is 255 g/mol. The number of ether oxygens (including phenoxy) is 1. The highest BCUT2D eigenvalue weighted by Crippen LogP contribution is 2.11. The quantitative estimate of drug-likeness (QED) is 0.392. The second-order valence-electron chi connectivity index (χ2n) is 4.00. The largest absolute Gasteiger partial charge is 0.396 e. The van der Waals surface area contributed by atoms with E-state index in [0.29, 0.717) is 37.2 Å². The highest BCUT2D eigenvalue weighted by molar-refractivity contribution is 5.46. The molecule has 1 rings (SSSR count). The van der Waals surface area contributed by atoms with Gasteiger partial charge in [0, 0.05) is 25.8 Å². The summed E-state index contributed by atoms with van der Waals surface area (Å²) in [5, 5.41) is 12.1. The summed E-state index contributed by atoms with van der Waals surface area (Å²) in [6.07, 6.45) is 0. The van der Waals surface area contributed by atoms with Gasteiger partial charge >= 0.3 is 0 Å². The predicted molar refractivity (Wildman–Crippen MR) is 69.9 cm³/mol. The van der Waals surface area contributed by atoms with Gasteiger partial charge in [-0.2, -0.15) is 0 Å². The molecule has 0 aromatic carbocycles. The Hall–Kier alpha value is -1.44. The first-order chi connectivity index (χ1) is 8.69. The number of aliphatic hydroxyl groups is 1. The molecule has 0 bridgehead atoms. The molecule has 1 aromatic heterocycles. The summed E-state index contributed by atoms with van der Waals surface area (Å²) in [6.45, 7) is 5.56. The first-order valence-corrected chi connectivity index (χ1v) is 5.96. The predicted octanol–water partition coefficient (Wildman–Crippen LogP) is 0.339. The highest BCUT2D eigenvalue weighted by atomic mass is 16.5. The number of hydrogen-bond acceptors (Lipinski definition) is 7. The topological polar surface area (TPSA) is 105 Å². The van der Waals surface area contributed by atoms with Gasteiger partial charge < -0.3 is 20.6 Å². The number of rotatable bonds is 8. The van der Waals surface area contributed by atoms with Crippen molar-refractivity contribution in [1.82, 2.24) is 9.97 Å². The molecular weight excluding hydrogens is 234 g/mol. The van der Waals surface area contributed by atoms with E-state index in [2.05, 4.69) is 20.7 Å². The Morgan fingerprint density at radius 1 is 1.44 bits per heavy atom. The minimum Gasteiger partial charge on any atom is -0.396 e. The lowest BCUT2D eigenvalue weighted by molar-refractivity contribution is 0.128. The molecule has 0 saturated heterocycles. The minimum absolute atomic E-state index is 0.131. The molecule has 0 aliphatic heterocycles. The van der Waals surface area contributed by atoms with Crippen molar-refractivity contribution in [2.75, 3.05) is 30.5 Å². The van der Waals surface area contributed by atoms with Crippen molar-refractivity contribution in [3.05, 3.63) is 11.9 Å². The molecule has 1 heterocycles. The van der Waals surface area contributed by atoms with E-state index in [1.54, 1.807) is 6.07 Å². The fourth-order valence-electron chi connectivity index (χ4n) is 1.26. The van der Waals surface area contributed by atoms with Crippen molar-refractivity contribution in [2.24, 2.45) is 11.8 Å². The Balaban J connectivity index is 2.70. The van der Waals surface area contributed by atoms with Crippen molar-refractivity contribution in [2.45, 2.75) is 20.5 Å². The second-order valence-corrected chi connectivity index (χ2v) is 4.00. The van der Waals surface area contributed by atoms with Crippen molar-refractivity contribution in [1.29, 1.82) is 0 Å². The van der Waals surface area contributed by atoms with E-state index in [0.717, 1.165) is 0 Å². The summed E-state index contributed by atoms with van der Waals surface area (Å²) in [5.74, 6) is 7.25. The first kappa shape index (κ1) is 14.6. The molecule has 0 aliphatic carbocycles. The zero-order valence-electron chi connectivity index (χ0n) is 10.8. The third kappa shape index (κ3) is 4.82. The Morgan fingerprint density at radius 3 is 2.78 bits per heavy atom. The molecule has 0 amide bonds. The molecule has 1 aromatic rings. The van der Waals surface area contributed by atoms with Gasteiger partial charge in [-0.25, -0.2) is 15.8 Å². The fourth-order valence-corrected chi connectivity index (χ4v) is 1.26. The van der Waals surface area contributed by atoms with Crippen LogP contribution in [0.4, 0.5) is 11.6 Å². The number of nitrogens with zero attached hydrogens (tertiary/aromatic N) is 2. The molecule has 0 fully saturated rings. The number of hydrogen-bond donors (Lipinski definition) is 4. The van der Waals surface area contributed by atoms with Crippen LogP contribution in [0.5, 0.6) is 0 Å². The van der Waals surface area contributed by atoms with E-state index in [-0.39, 0.29) is 12.5 Å². The van der Waals surface area contributed by atoms with Gasteiger partial charge in [-0.15, -0.1) is 0 Å². The second kappa shape index (κ2) is 7.80. The highest BCUT2D eigenvalue weighted by Gasteiger charge is 2.05. The molecule has 0 saturated carbocycles. The normalized spacial score (nSPS) is 12.2. The maximum absolute atomic E-state index is 8.96. The van der Waals surface area contributed by atoms with E-state index in [1.165, 1.54) is 0 Å². The van der Waals surface area contributed by atoms with Crippen LogP contribution in [0.15, 0.2) is 6.07 Å². The maximum atomic E-state index is 8.96. The van der Waals surface area contributed by atoms with Gasteiger partial charge in [0.2, 0.25) is 0 Å². The molecule has 18 heavy (non-hydrogen) atoms. The van der Waals surface area contributed by atoms with Gasteiger partial charge in [-0.1, -0.05) is 6.92 Å². The average molecular weight is 255 g/mol. The number of nitrogens with two attached hydrogens (primary N) is 1. The Morgan fingerprint density at radius 2 is 2.17 bits per heavy atom. The molecule has 5 N–H and O–H groups in total.